The van der Waals surface area contributed by atoms with E-state index < -0.39 is 13.9 Å². The maximum atomic E-state index is 11.2. The molecule has 0 saturated heterocycles. The fourth-order valence-corrected chi connectivity index (χ4v) is 2.70. The molecule has 0 aliphatic carbocycles. The molecule has 0 spiro atoms. The van der Waals surface area contributed by atoms with Gasteiger partial charge in [-0.3, -0.25) is 4.52 Å². The zero-order chi connectivity index (χ0) is 15.5. The minimum absolute atomic E-state index is 0.260. The van der Waals surface area contributed by atoms with Crippen LogP contribution < -0.4 is 0 Å². The highest BCUT2D eigenvalue weighted by Gasteiger charge is 2.26. The number of hydrogen-bond acceptors (Lipinski definition) is 3. The van der Waals surface area contributed by atoms with Gasteiger partial charge < -0.3 is 14.7 Å². The van der Waals surface area contributed by atoms with E-state index in [2.05, 4.69) is 13.8 Å². The summed E-state index contributed by atoms with van der Waals surface area (Å²) in [4.78, 5) is 20.1. The highest BCUT2D eigenvalue weighted by atomic mass is 31.2. The van der Waals surface area contributed by atoms with Gasteiger partial charge in [-0.05, 0) is 38.1 Å². The zero-order valence-electron chi connectivity index (χ0n) is 12.7. The van der Waals surface area contributed by atoms with Crippen LogP contribution in [0.3, 0.4) is 0 Å². The van der Waals surface area contributed by atoms with Crippen LogP contribution in [0.5, 0.6) is 0 Å². The Kier molecular flexibility index (Phi) is 5.92. The molecular formula is C14H24NO4P. The molecule has 0 aliphatic heterocycles. The monoisotopic (exact) mass is 301 g/mol. The first-order valence-corrected chi connectivity index (χ1v) is 8.12. The molecule has 0 saturated carbocycles. The van der Waals surface area contributed by atoms with E-state index in [9.17, 15) is 4.57 Å². The van der Waals surface area contributed by atoms with Crippen LogP contribution in [-0.2, 0) is 9.09 Å². The number of hydrogen-bond donors (Lipinski definition) is 2. The van der Waals surface area contributed by atoms with Gasteiger partial charge in [0, 0.05) is 6.54 Å². The second-order valence-electron chi connectivity index (χ2n) is 5.63. The van der Waals surface area contributed by atoms with E-state index in [0.717, 1.165) is 16.7 Å². The first-order valence-electron chi connectivity index (χ1n) is 6.59. The Morgan fingerprint density at radius 2 is 1.85 bits per heavy atom. The van der Waals surface area contributed by atoms with Crippen molar-refractivity contribution in [2.75, 3.05) is 20.6 Å². The third-order valence-electron chi connectivity index (χ3n) is 3.01. The molecule has 1 aromatic carbocycles. The average molecular weight is 301 g/mol. The molecule has 114 valence electrons. The summed E-state index contributed by atoms with van der Waals surface area (Å²) in [6.45, 7) is 6.48. The van der Waals surface area contributed by atoms with Crippen molar-refractivity contribution in [1.82, 2.24) is 4.90 Å². The third kappa shape index (κ3) is 5.35. The molecule has 0 radical (unpaired) electrons. The molecule has 1 aromatic rings. The lowest BCUT2D eigenvalue weighted by Crippen LogP contribution is -2.23. The summed E-state index contributed by atoms with van der Waals surface area (Å²) >= 11 is 0. The van der Waals surface area contributed by atoms with Crippen LogP contribution in [0.15, 0.2) is 18.2 Å². The van der Waals surface area contributed by atoms with Gasteiger partial charge in [-0.15, -0.1) is 0 Å². The van der Waals surface area contributed by atoms with Crippen LogP contribution in [0.2, 0.25) is 0 Å². The Balaban J connectivity index is 3.24. The number of nitrogens with zero attached hydrogens (tertiary/aromatic N) is 1. The summed E-state index contributed by atoms with van der Waals surface area (Å²) < 4.78 is 16.2. The summed E-state index contributed by atoms with van der Waals surface area (Å²) in [5, 5.41) is 0. The van der Waals surface area contributed by atoms with E-state index in [4.69, 9.17) is 14.3 Å². The van der Waals surface area contributed by atoms with Crippen molar-refractivity contribution >= 4 is 7.82 Å². The molecule has 6 heteroatoms. The molecule has 2 N–H and O–H groups in total. The summed E-state index contributed by atoms with van der Waals surface area (Å²) in [5.74, 6) is 0.260. The van der Waals surface area contributed by atoms with E-state index in [1.165, 1.54) is 0 Å². The Morgan fingerprint density at radius 1 is 1.25 bits per heavy atom. The lowest BCUT2D eigenvalue weighted by molar-refractivity contribution is 0.110. The molecule has 1 unspecified atom stereocenters. The molecule has 0 amide bonds. The molecule has 20 heavy (non-hydrogen) atoms. The standard InChI is InChI=1S/C14H24NO4P/c1-10(2)12-7-6-11(3)8-13(12)14(9-15(4)5)19-20(16,17)18/h6-8,10,14H,9H2,1-5H3,(H2,16,17,18). The number of phosphoric acid groups is 1. The van der Waals surface area contributed by atoms with Gasteiger partial charge in [0.2, 0.25) is 0 Å². The molecule has 0 heterocycles. The summed E-state index contributed by atoms with van der Waals surface area (Å²) in [7, 11) is -0.839. The van der Waals surface area contributed by atoms with Crippen molar-refractivity contribution in [3.8, 4) is 0 Å². The molecule has 0 aromatic heterocycles. The van der Waals surface area contributed by atoms with Crippen LogP contribution in [0, 0.1) is 6.92 Å². The number of benzene rings is 1. The molecule has 0 bridgehead atoms. The SMILES string of the molecule is Cc1ccc(C(C)C)c(C(CN(C)C)OP(=O)(O)O)c1. The van der Waals surface area contributed by atoms with Gasteiger partial charge in [-0.25, -0.2) is 4.57 Å². The second-order valence-corrected chi connectivity index (χ2v) is 6.83. The molecule has 0 aliphatic rings. The van der Waals surface area contributed by atoms with Crippen LogP contribution in [-0.4, -0.2) is 35.3 Å². The van der Waals surface area contributed by atoms with Gasteiger partial charge in [0.15, 0.2) is 0 Å². The summed E-state index contributed by atoms with van der Waals surface area (Å²) in [5.41, 5.74) is 2.94. The van der Waals surface area contributed by atoms with E-state index in [0.29, 0.717) is 6.54 Å². The van der Waals surface area contributed by atoms with E-state index in [1.807, 2.05) is 44.1 Å². The van der Waals surface area contributed by atoms with Gasteiger partial charge in [0.05, 0.1) is 0 Å². The van der Waals surface area contributed by atoms with Crippen LogP contribution >= 0.6 is 7.82 Å². The summed E-state index contributed by atoms with van der Waals surface area (Å²) in [6, 6.07) is 5.95. The molecule has 1 atom stereocenters. The van der Waals surface area contributed by atoms with Crippen LogP contribution in [0.25, 0.3) is 0 Å². The Bertz CT molecular complexity index is 496. The minimum Gasteiger partial charge on any atom is -0.306 e. The minimum atomic E-state index is -4.54. The number of aryl methyl sites for hydroxylation is 1. The second kappa shape index (κ2) is 6.83. The maximum absolute atomic E-state index is 11.2. The first-order chi connectivity index (χ1) is 9.10. The number of likely N-dealkylation sites (N-methyl/N-ethyl adjacent to an activating group) is 1. The van der Waals surface area contributed by atoms with Crippen molar-refractivity contribution in [1.29, 1.82) is 0 Å². The maximum Gasteiger partial charge on any atom is 0.470 e. The molecular weight excluding hydrogens is 277 g/mol. The van der Waals surface area contributed by atoms with Gasteiger partial charge in [0.25, 0.3) is 0 Å². The predicted octanol–water partition coefficient (Wildman–Crippen LogP) is 2.83. The van der Waals surface area contributed by atoms with Gasteiger partial charge >= 0.3 is 7.82 Å². The summed E-state index contributed by atoms with van der Waals surface area (Å²) in [6.07, 6.45) is -0.650. The smallest absolute Gasteiger partial charge is 0.306 e. The van der Waals surface area contributed by atoms with Gasteiger partial charge in [-0.1, -0.05) is 37.6 Å². The topological polar surface area (TPSA) is 70.0 Å². The van der Waals surface area contributed by atoms with E-state index in [1.54, 1.807) is 0 Å². The largest absolute Gasteiger partial charge is 0.470 e. The number of rotatable bonds is 6. The quantitative estimate of drug-likeness (QED) is 0.791. The van der Waals surface area contributed by atoms with Gasteiger partial charge in [-0.2, -0.15) is 0 Å². The van der Waals surface area contributed by atoms with Crippen molar-refractivity contribution in [2.45, 2.75) is 32.8 Å². The van der Waals surface area contributed by atoms with Crippen molar-refractivity contribution in [3.63, 3.8) is 0 Å². The Morgan fingerprint density at radius 3 is 2.30 bits per heavy atom. The van der Waals surface area contributed by atoms with Crippen LogP contribution in [0.4, 0.5) is 0 Å². The first kappa shape index (κ1) is 17.3. The van der Waals surface area contributed by atoms with E-state index >= 15 is 0 Å². The fourth-order valence-electron chi connectivity index (χ4n) is 2.18. The lowest BCUT2D eigenvalue weighted by Gasteiger charge is -2.25. The van der Waals surface area contributed by atoms with Crippen molar-refractivity contribution in [2.24, 2.45) is 0 Å². The highest BCUT2D eigenvalue weighted by molar-refractivity contribution is 7.46. The van der Waals surface area contributed by atoms with Crippen molar-refractivity contribution < 1.29 is 18.9 Å². The lowest BCUT2D eigenvalue weighted by atomic mass is 9.92. The predicted molar refractivity (Wildman–Crippen MR) is 79.7 cm³/mol. The normalized spacial score (nSPS) is 14.1. The Hall–Kier alpha value is -0.710. The molecule has 0 fully saturated rings. The van der Waals surface area contributed by atoms with Crippen molar-refractivity contribution in [3.05, 3.63) is 34.9 Å². The zero-order valence-corrected chi connectivity index (χ0v) is 13.6. The van der Waals surface area contributed by atoms with E-state index in [-0.39, 0.29) is 5.92 Å². The molecule has 1 rings (SSSR count). The van der Waals surface area contributed by atoms with Crippen LogP contribution in [0.1, 0.15) is 42.6 Å². The molecule has 5 nitrogen and oxygen atoms in total. The van der Waals surface area contributed by atoms with Gasteiger partial charge in [0.1, 0.15) is 6.10 Å². The fraction of sp³-hybridized carbons (Fsp3) is 0.571. The number of phosphoric ester groups is 1. The third-order valence-corrected chi connectivity index (χ3v) is 3.54. The average Bonchev–Trinajstić information content (AvgIpc) is 2.24. The highest BCUT2D eigenvalue weighted by Crippen LogP contribution is 2.43. The Labute approximate surface area is 120 Å².